The van der Waals surface area contributed by atoms with Crippen molar-refractivity contribution in [2.75, 3.05) is 5.43 Å². The molecule has 3 nitrogen and oxygen atoms in total. The van der Waals surface area contributed by atoms with Crippen molar-refractivity contribution in [2.45, 2.75) is 19.3 Å². The molecule has 6 heteroatoms. The zero-order chi connectivity index (χ0) is 14.1. The van der Waals surface area contributed by atoms with E-state index in [-0.39, 0.29) is 0 Å². The van der Waals surface area contributed by atoms with Gasteiger partial charge < -0.3 is 4.42 Å². The fourth-order valence-electron chi connectivity index (χ4n) is 2.23. The lowest BCUT2D eigenvalue weighted by Crippen LogP contribution is -2.11. The summed E-state index contributed by atoms with van der Waals surface area (Å²) >= 11 is 18.1. The third-order valence-corrected chi connectivity index (χ3v) is 4.00. The van der Waals surface area contributed by atoms with Gasteiger partial charge in [0.1, 0.15) is 5.76 Å². The molecule has 1 aromatic heterocycles. The molecular formula is C14H11Cl3N2O. The Labute approximate surface area is 131 Å². The number of furan rings is 1. The Bertz CT molecular complexity index is 656. The van der Waals surface area contributed by atoms with Crippen molar-refractivity contribution in [3.8, 4) is 0 Å². The van der Waals surface area contributed by atoms with Crippen LogP contribution in [0.4, 0.5) is 5.69 Å². The van der Waals surface area contributed by atoms with Crippen molar-refractivity contribution in [3.63, 3.8) is 0 Å². The molecule has 104 valence electrons. The second-order valence-corrected chi connectivity index (χ2v) is 5.78. The quantitative estimate of drug-likeness (QED) is 0.750. The summed E-state index contributed by atoms with van der Waals surface area (Å²) in [5.41, 5.74) is 5.48. The molecule has 0 radical (unpaired) electrons. The smallest absolute Gasteiger partial charge is 0.112 e. The van der Waals surface area contributed by atoms with Gasteiger partial charge in [0.15, 0.2) is 0 Å². The molecule has 20 heavy (non-hydrogen) atoms. The molecular weight excluding hydrogens is 319 g/mol. The number of halogens is 3. The fraction of sp³-hybridized carbons (Fsp3) is 0.214. The normalized spacial score (nSPS) is 16.2. The number of rotatable bonds is 2. The molecule has 0 bridgehead atoms. The minimum absolute atomic E-state index is 0.440. The van der Waals surface area contributed by atoms with E-state index in [1.165, 1.54) is 0 Å². The number of anilines is 1. The Morgan fingerprint density at radius 3 is 2.60 bits per heavy atom. The lowest BCUT2D eigenvalue weighted by molar-refractivity contribution is 0.498. The number of nitrogens with zero attached hydrogens (tertiary/aromatic N) is 1. The third kappa shape index (κ3) is 2.66. The molecule has 0 amide bonds. The summed E-state index contributed by atoms with van der Waals surface area (Å²) in [5.74, 6) is 0.977. The van der Waals surface area contributed by atoms with Crippen molar-refractivity contribution in [1.82, 2.24) is 0 Å². The van der Waals surface area contributed by atoms with Crippen LogP contribution in [0.15, 0.2) is 34.0 Å². The van der Waals surface area contributed by atoms with E-state index in [9.17, 15) is 0 Å². The number of benzene rings is 1. The average Bonchev–Trinajstić information content (AvgIpc) is 2.86. The molecule has 0 unspecified atom stereocenters. The summed E-state index contributed by atoms with van der Waals surface area (Å²) in [6, 6.07) is 5.18. The van der Waals surface area contributed by atoms with Gasteiger partial charge in [0.05, 0.1) is 27.7 Å². The molecule has 0 fully saturated rings. The molecule has 0 spiro atoms. The van der Waals surface area contributed by atoms with Gasteiger partial charge in [0.25, 0.3) is 0 Å². The van der Waals surface area contributed by atoms with Crippen LogP contribution in [0.25, 0.3) is 0 Å². The summed E-state index contributed by atoms with van der Waals surface area (Å²) in [4.78, 5) is 0. The van der Waals surface area contributed by atoms with Gasteiger partial charge in [-0.25, -0.2) is 0 Å². The third-order valence-electron chi connectivity index (χ3n) is 3.18. The minimum atomic E-state index is 0.440. The van der Waals surface area contributed by atoms with Crippen LogP contribution < -0.4 is 5.43 Å². The van der Waals surface area contributed by atoms with E-state index < -0.39 is 0 Å². The lowest BCUT2D eigenvalue weighted by atomic mass is 9.97. The molecule has 0 aliphatic heterocycles. The highest BCUT2D eigenvalue weighted by Crippen LogP contribution is 2.34. The maximum atomic E-state index is 6.11. The number of nitrogens with one attached hydrogen (secondary N) is 1. The summed E-state index contributed by atoms with van der Waals surface area (Å²) in [6.07, 6.45) is 4.54. The first-order valence-electron chi connectivity index (χ1n) is 6.19. The Hall–Kier alpha value is -1.16. The van der Waals surface area contributed by atoms with Gasteiger partial charge >= 0.3 is 0 Å². The molecule has 2 aromatic rings. The summed E-state index contributed by atoms with van der Waals surface area (Å²) in [7, 11) is 0. The first-order chi connectivity index (χ1) is 9.65. The number of hydrazone groups is 1. The SMILES string of the molecule is Clc1cc(Cl)c(N/N=C2\CCCc3occc32)c(Cl)c1. The van der Waals surface area contributed by atoms with Gasteiger partial charge in [-0.05, 0) is 31.0 Å². The Kier molecular flexibility index (Phi) is 3.92. The molecule has 1 aromatic carbocycles. The predicted octanol–water partition coefficient (Wildman–Crippen LogP) is 5.39. The van der Waals surface area contributed by atoms with Crippen molar-refractivity contribution < 1.29 is 4.42 Å². The zero-order valence-electron chi connectivity index (χ0n) is 10.4. The molecule has 1 N–H and O–H groups in total. The number of aryl methyl sites for hydroxylation is 1. The summed E-state index contributed by atoms with van der Waals surface area (Å²) < 4.78 is 5.42. The summed E-state index contributed by atoms with van der Waals surface area (Å²) in [5, 5.41) is 5.79. The maximum Gasteiger partial charge on any atom is 0.112 e. The van der Waals surface area contributed by atoms with Crippen LogP contribution in [-0.4, -0.2) is 5.71 Å². The molecule has 1 aliphatic rings. The van der Waals surface area contributed by atoms with Gasteiger partial charge in [-0.2, -0.15) is 5.10 Å². The van der Waals surface area contributed by atoms with E-state index >= 15 is 0 Å². The van der Waals surface area contributed by atoms with E-state index in [2.05, 4.69) is 10.5 Å². The van der Waals surface area contributed by atoms with E-state index in [4.69, 9.17) is 39.2 Å². The first-order valence-corrected chi connectivity index (χ1v) is 7.32. The van der Waals surface area contributed by atoms with Crippen molar-refractivity contribution in [2.24, 2.45) is 5.10 Å². The van der Waals surface area contributed by atoms with Gasteiger partial charge in [-0.3, -0.25) is 5.43 Å². The molecule has 3 rings (SSSR count). The number of hydrogen-bond acceptors (Lipinski definition) is 3. The molecule has 0 atom stereocenters. The molecule has 0 saturated carbocycles. The summed E-state index contributed by atoms with van der Waals surface area (Å²) in [6.45, 7) is 0. The van der Waals surface area contributed by atoms with Crippen molar-refractivity contribution in [3.05, 3.63) is 50.9 Å². The van der Waals surface area contributed by atoms with Crippen LogP contribution in [0.3, 0.4) is 0 Å². The van der Waals surface area contributed by atoms with E-state index in [0.717, 1.165) is 36.3 Å². The largest absolute Gasteiger partial charge is 0.469 e. The minimum Gasteiger partial charge on any atom is -0.469 e. The second kappa shape index (κ2) is 5.68. The standard InChI is InChI=1S/C14H11Cl3N2O/c15-8-6-10(16)14(11(17)7-8)19-18-12-2-1-3-13-9(12)4-5-20-13/h4-7,19H,1-3H2/b18-12+. The van der Waals surface area contributed by atoms with Crippen molar-refractivity contribution in [1.29, 1.82) is 0 Å². The number of hydrogen-bond donors (Lipinski definition) is 1. The van der Waals surface area contributed by atoms with Gasteiger partial charge in [-0.1, -0.05) is 34.8 Å². The van der Waals surface area contributed by atoms with E-state index in [1.54, 1.807) is 18.4 Å². The topological polar surface area (TPSA) is 37.5 Å². The molecule has 1 heterocycles. The monoisotopic (exact) mass is 328 g/mol. The second-order valence-electron chi connectivity index (χ2n) is 4.53. The van der Waals surface area contributed by atoms with Crippen LogP contribution >= 0.6 is 34.8 Å². The van der Waals surface area contributed by atoms with Crippen LogP contribution in [0.5, 0.6) is 0 Å². The first kappa shape index (κ1) is 13.8. The van der Waals surface area contributed by atoms with Crippen LogP contribution in [0, 0.1) is 0 Å². The predicted molar refractivity (Wildman–Crippen MR) is 83.3 cm³/mol. The van der Waals surface area contributed by atoms with Gasteiger partial charge in [0, 0.05) is 17.0 Å². The fourth-order valence-corrected chi connectivity index (χ4v) is 3.13. The van der Waals surface area contributed by atoms with Gasteiger partial charge in [-0.15, -0.1) is 0 Å². The average molecular weight is 330 g/mol. The van der Waals surface area contributed by atoms with E-state index in [0.29, 0.717) is 20.8 Å². The maximum absolute atomic E-state index is 6.11. The van der Waals surface area contributed by atoms with Gasteiger partial charge in [0.2, 0.25) is 0 Å². The van der Waals surface area contributed by atoms with E-state index in [1.807, 2.05) is 6.07 Å². The van der Waals surface area contributed by atoms with Crippen LogP contribution in [0.1, 0.15) is 24.2 Å². The number of fused-ring (bicyclic) bond motifs is 1. The van der Waals surface area contributed by atoms with Crippen LogP contribution in [-0.2, 0) is 6.42 Å². The highest BCUT2D eigenvalue weighted by Gasteiger charge is 2.18. The molecule has 0 saturated heterocycles. The van der Waals surface area contributed by atoms with Crippen LogP contribution in [0.2, 0.25) is 15.1 Å². The highest BCUT2D eigenvalue weighted by atomic mass is 35.5. The Balaban J connectivity index is 1.89. The molecule has 1 aliphatic carbocycles. The zero-order valence-corrected chi connectivity index (χ0v) is 12.7. The Morgan fingerprint density at radius 2 is 1.85 bits per heavy atom. The van der Waals surface area contributed by atoms with Crippen molar-refractivity contribution >= 4 is 46.2 Å². The lowest BCUT2D eigenvalue weighted by Gasteiger charge is -2.13. The highest BCUT2D eigenvalue weighted by molar-refractivity contribution is 6.41. The Morgan fingerprint density at radius 1 is 1.10 bits per heavy atom.